The Morgan fingerprint density at radius 2 is 1.55 bits per heavy atom. The van der Waals surface area contributed by atoms with Gasteiger partial charge in [-0.25, -0.2) is 0 Å². The number of ether oxygens (including phenoxy) is 2. The second-order valence-corrected chi connectivity index (χ2v) is 10.7. The first-order valence-electron chi connectivity index (χ1n) is 11.2. The van der Waals surface area contributed by atoms with E-state index in [4.69, 9.17) is 44.3 Å². The van der Waals surface area contributed by atoms with Gasteiger partial charge in [0, 0.05) is 23.7 Å². The first-order chi connectivity index (χ1) is 15.0. The van der Waals surface area contributed by atoms with Gasteiger partial charge in [-0.05, 0) is 85.1 Å². The molecule has 4 aliphatic carbocycles. The lowest BCUT2D eigenvalue weighted by Crippen LogP contribution is -2.54. The van der Waals surface area contributed by atoms with Gasteiger partial charge in [0.2, 0.25) is 0 Å². The molecule has 3 nitrogen and oxygen atoms in total. The number of benzene rings is 2. The van der Waals surface area contributed by atoms with Crippen LogP contribution < -0.4 is 14.8 Å². The largest absolute Gasteiger partial charge is 0.493 e. The summed E-state index contributed by atoms with van der Waals surface area (Å²) in [4.78, 5) is 0. The van der Waals surface area contributed by atoms with E-state index in [1.807, 2.05) is 18.2 Å². The fourth-order valence-corrected chi connectivity index (χ4v) is 6.80. The van der Waals surface area contributed by atoms with E-state index < -0.39 is 0 Å². The van der Waals surface area contributed by atoms with Crippen molar-refractivity contribution in [2.75, 3.05) is 7.11 Å². The lowest BCUT2D eigenvalue weighted by Gasteiger charge is -2.54. The van der Waals surface area contributed by atoms with Gasteiger partial charge in [0.25, 0.3) is 0 Å². The normalized spacial score (nSPS) is 28.7. The van der Waals surface area contributed by atoms with Crippen molar-refractivity contribution in [2.24, 2.45) is 23.7 Å². The smallest absolute Gasteiger partial charge is 0.163 e. The summed E-state index contributed by atoms with van der Waals surface area (Å²) in [5.41, 5.74) is 1.98. The summed E-state index contributed by atoms with van der Waals surface area (Å²) in [5.74, 6) is 4.95. The molecular weight excluding hydrogens is 453 g/mol. The maximum Gasteiger partial charge on any atom is 0.163 e. The zero-order valence-electron chi connectivity index (χ0n) is 17.7. The van der Waals surface area contributed by atoms with Crippen LogP contribution in [0.2, 0.25) is 15.1 Å². The van der Waals surface area contributed by atoms with Crippen LogP contribution >= 0.6 is 34.8 Å². The molecule has 0 aromatic heterocycles. The first kappa shape index (κ1) is 21.7. The monoisotopic (exact) mass is 479 g/mol. The van der Waals surface area contributed by atoms with Gasteiger partial charge in [-0.15, -0.1) is 0 Å². The average Bonchev–Trinajstić information content (AvgIpc) is 2.74. The fraction of sp³-hybridized carbons (Fsp3) is 0.520. The van der Waals surface area contributed by atoms with Crippen LogP contribution in [0.3, 0.4) is 0 Å². The molecule has 1 N–H and O–H groups in total. The Morgan fingerprint density at radius 1 is 0.839 bits per heavy atom. The van der Waals surface area contributed by atoms with Crippen molar-refractivity contribution >= 4 is 34.8 Å². The van der Waals surface area contributed by atoms with E-state index in [-0.39, 0.29) is 0 Å². The van der Waals surface area contributed by atoms with Gasteiger partial charge in [-0.1, -0.05) is 40.9 Å². The topological polar surface area (TPSA) is 30.5 Å². The molecular formula is C25H28Cl3NO2. The Hall–Kier alpha value is -1.13. The summed E-state index contributed by atoms with van der Waals surface area (Å²) in [6.45, 7) is 1.12. The number of methoxy groups -OCH3 is 1. The highest BCUT2D eigenvalue weighted by molar-refractivity contribution is 6.42. The van der Waals surface area contributed by atoms with Crippen molar-refractivity contribution in [1.82, 2.24) is 5.32 Å². The minimum atomic E-state index is 0.356. The van der Waals surface area contributed by atoms with Gasteiger partial charge in [-0.2, -0.15) is 0 Å². The number of rotatable bonds is 7. The molecule has 4 aliphatic rings. The third kappa shape index (κ3) is 4.53. The highest BCUT2D eigenvalue weighted by Crippen LogP contribution is 2.53. The summed E-state index contributed by atoms with van der Waals surface area (Å²) < 4.78 is 11.6. The summed E-state index contributed by atoms with van der Waals surface area (Å²) in [5, 5.41) is 5.59. The highest BCUT2D eigenvalue weighted by Gasteiger charge is 2.47. The average molecular weight is 481 g/mol. The minimum absolute atomic E-state index is 0.356. The molecule has 4 bridgehead atoms. The van der Waals surface area contributed by atoms with E-state index in [9.17, 15) is 0 Å². The predicted molar refractivity (Wildman–Crippen MR) is 126 cm³/mol. The number of hydrogen-bond donors (Lipinski definition) is 1. The Balaban J connectivity index is 1.25. The van der Waals surface area contributed by atoms with E-state index in [0.29, 0.717) is 39.2 Å². The van der Waals surface area contributed by atoms with Crippen LogP contribution in [0.15, 0.2) is 30.3 Å². The molecule has 0 amide bonds. The Labute approximate surface area is 199 Å². The lowest BCUT2D eigenvalue weighted by atomic mass is 9.54. The molecule has 0 aliphatic heterocycles. The van der Waals surface area contributed by atoms with E-state index in [0.717, 1.165) is 41.3 Å². The summed E-state index contributed by atoms with van der Waals surface area (Å²) in [6.07, 6.45) is 7.10. The second-order valence-electron chi connectivity index (χ2n) is 9.47. The molecule has 0 radical (unpaired) electrons. The SMILES string of the molecule is COc1cc(CNC2C3CC4CC(C3)CC2C4)c(Cl)cc1OCc1ccc(Cl)c(Cl)c1. The molecule has 0 atom stereocenters. The van der Waals surface area contributed by atoms with Crippen molar-refractivity contribution in [1.29, 1.82) is 0 Å². The van der Waals surface area contributed by atoms with Gasteiger partial charge in [0.05, 0.1) is 17.2 Å². The number of hydrogen-bond acceptors (Lipinski definition) is 3. The maximum absolute atomic E-state index is 6.64. The van der Waals surface area contributed by atoms with Crippen LogP contribution in [0.5, 0.6) is 11.5 Å². The van der Waals surface area contributed by atoms with Crippen LogP contribution in [-0.4, -0.2) is 13.2 Å². The van der Waals surface area contributed by atoms with Crippen molar-refractivity contribution in [3.05, 3.63) is 56.5 Å². The van der Waals surface area contributed by atoms with E-state index in [1.165, 1.54) is 32.1 Å². The van der Waals surface area contributed by atoms with Gasteiger partial charge < -0.3 is 14.8 Å². The third-order valence-electron chi connectivity index (χ3n) is 7.47. The zero-order chi connectivity index (χ0) is 21.5. The van der Waals surface area contributed by atoms with Gasteiger partial charge in [-0.3, -0.25) is 0 Å². The number of nitrogens with one attached hydrogen (secondary N) is 1. The lowest BCUT2D eigenvalue weighted by molar-refractivity contribution is -0.0142. The third-order valence-corrected chi connectivity index (χ3v) is 8.56. The zero-order valence-corrected chi connectivity index (χ0v) is 19.9. The molecule has 2 aromatic carbocycles. The maximum atomic E-state index is 6.64. The van der Waals surface area contributed by atoms with E-state index >= 15 is 0 Å². The summed E-state index contributed by atoms with van der Waals surface area (Å²) in [6, 6.07) is 9.94. The van der Waals surface area contributed by atoms with Gasteiger partial charge >= 0.3 is 0 Å². The molecule has 166 valence electrons. The molecule has 4 saturated carbocycles. The fourth-order valence-electron chi connectivity index (χ4n) is 6.26. The molecule has 4 fully saturated rings. The van der Waals surface area contributed by atoms with Crippen LogP contribution in [0.25, 0.3) is 0 Å². The van der Waals surface area contributed by atoms with Gasteiger partial charge in [0.15, 0.2) is 11.5 Å². The minimum Gasteiger partial charge on any atom is -0.493 e. The first-order valence-corrected chi connectivity index (χ1v) is 12.3. The van der Waals surface area contributed by atoms with Crippen LogP contribution in [0, 0.1) is 23.7 Å². The predicted octanol–water partition coefficient (Wildman–Crippen LogP) is 7.15. The molecule has 0 saturated heterocycles. The quantitative estimate of drug-likeness (QED) is 0.456. The molecule has 6 rings (SSSR count). The van der Waals surface area contributed by atoms with Crippen LogP contribution in [0.1, 0.15) is 43.2 Å². The molecule has 2 aromatic rings. The highest BCUT2D eigenvalue weighted by atomic mass is 35.5. The van der Waals surface area contributed by atoms with Crippen molar-refractivity contribution < 1.29 is 9.47 Å². The standard InChI is InChI=1S/C25H28Cl3NO2/c1-30-23-10-19(12-29-25-17-5-15-4-16(7-17)8-18(25)6-15)21(27)11-24(23)31-13-14-2-3-20(26)22(28)9-14/h2-3,9-11,15-18,25,29H,4-8,12-13H2,1H3. The summed E-state index contributed by atoms with van der Waals surface area (Å²) >= 11 is 18.7. The van der Waals surface area contributed by atoms with Crippen LogP contribution in [-0.2, 0) is 13.2 Å². The Bertz CT molecular complexity index is 936. The molecule has 31 heavy (non-hydrogen) atoms. The number of halogens is 3. The van der Waals surface area contributed by atoms with Crippen LogP contribution in [0.4, 0.5) is 0 Å². The van der Waals surface area contributed by atoms with Crippen molar-refractivity contribution in [3.8, 4) is 11.5 Å². The summed E-state index contributed by atoms with van der Waals surface area (Å²) in [7, 11) is 1.66. The molecule has 0 spiro atoms. The van der Waals surface area contributed by atoms with E-state index in [2.05, 4.69) is 5.32 Å². The van der Waals surface area contributed by atoms with Crippen molar-refractivity contribution in [2.45, 2.75) is 51.3 Å². The molecule has 0 unspecified atom stereocenters. The molecule has 6 heteroatoms. The van der Waals surface area contributed by atoms with Gasteiger partial charge in [0.1, 0.15) is 6.61 Å². The Kier molecular flexibility index (Phi) is 6.31. The molecule has 0 heterocycles. The van der Waals surface area contributed by atoms with E-state index in [1.54, 1.807) is 19.2 Å². The van der Waals surface area contributed by atoms with Crippen molar-refractivity contribution in [3.63, 3.8) is 0 Å². The second kappa shape index (κ2) is 9.02. The Morgan fingerprint density at radius 3 is 2.19 bits per heavy atom.